The minimum absolute atomic E-state index is 0.0225. The second-order valence-electron chi connectivity index (χ2n) is 3.37. The van der Waals surface area contributed by atoms with Crippen LogP contribution in [0.1, 0.15) is 17.4 Å². The highest BCUT2D eigenvalue weighted by Gasteiger charge is 2.18. The van der Waals surface area contributed by atoms with E-state index in [2.05, 4.69) is 9.97 Å². The van der Waals surface area contributed by atoms with Crippen molar-refractivity contribution in [2.24, 2.45) is 0 Å². The summed E-state index contributed by atoms with van der Waals surface area (Å²) in [6.07, 6.45) is 0. The molecule has 0 unspecified atom stereocenters. The van der Waals surface area contributed by atoms with Crippen molar-refractivity contribution in [1.82, 2.24) is 9.97 Å². The molecule has 0 fully saturated rings. The van der Waals surface area contributed by atoms with E-state index in [-0.39, 0.29) is 18.2 Å². The van der Waals surface area contributed by atoms with E-state index in [0.717, 1.165) is 5.56 Å². The summed E-state index contributed by atoms with van der Waals surface area (Å²) in [5, 5.41) is 9.55. The number of rotatable bonds is 3. The zero-order chi connectivity index (χ0) is 12.3. The first kappa shape index (κ1) is 11.2. The maximum absolute atomic E-state index is 11.5. The molecule has 0 aliphatic carbocycles. The average Bonchev–Trinajstić information content (AvgIpc) is 2.73. The fraction of sp³-hybridized carbons (Fsp3) is 0.167. The third-order valence-electron chi connectivity index (χ3n) is 2.21. The molecule has 1 aromatic heterocycles. The number of nitrogens with one attached hydrogen (secondary N) is 1. The van der Waals surface area contributed by atoms with Gasteiger partial charge in [-0.2, -0.15) is 4.98 Å². The van der Waals surface area contributed by atoms with Gasteiger partial charge in [0.15, 0.2) is 5.69 Å². The number of imidazole rings is 1. The summed E-state index contributed by atoms with van der Waals surface area (Å²) in [4.78, 5) is 18.1. The van der Waals surface area contributed by atoms with Gasteiger partial charge in [0.1, 0.15) is 5.82 Å². The fourth-order valence-electron chi connectivity index (χ4n) is 1.44. The predicted molar refractivity (Wildman–Crippen MR) is 61.6 cm³/mol. The summed E-state index contributed by atoms with van der Waals surface area (Å²) < 4.78 is 4.79. The lowest BCUT2D eigenvalue weighted by Crippen LogP contribution is -2.05. The summed E-state index contributed by atoms with van der Waals surface area (Å²) in [7, 11) is 0. The predicted octanol–water partition coefficient (Wildman–Crippen LogP) is 1.96. The van der Waals surface area contributed by atoms with Crippen LogP contribution in [0, 0.1) is 0 Å². The molecule has 88 valence electrons. The quantitative estimate of drug-likeness (QED) is 0.793. The molecule has 0 aliphatic heterocycles. The molecule has 2 rings (SSSR count). The Balaban J connectivity index is 2.34. The summed E-state index contributed by atoms with van der Waals surface area (Å²) in [6, 6.07) is 9.22. The van der Waals surface area contributed by atoms with Crippen LogP contribution in [0.25, 0.3) is 11.4 Å². The minimum Gasteiger partial charge on any atom is -0.492 e. The molecule has 0 aliphatic rings. The SMILES string of the molecule is CCOC(=O)c1[nH]c(-c2ccccc2)nc1O. The molecule has 2 aromatic rings. The molecule has 0 saturated heterocycles. The van der Waals surface area contributed by atoms with E-state index in [1.54, 1.807) is 6.92 Å². The summed E-state index contributed by atoms with van der Waals surface area (Å²) in [6.45, 7) is 1.95. The van der Waals surface area contributed by atoms with Crippen molar-refractivity contribution in [1.29, 1.82) is 0 Å². The highest BCUT2D eigenvalue weighted by Crippen LogP contribution is 2.22. The average molecular weight is 232 g/mol. The standard InChI is InChI=1S/C12H12N2O3/c1-2-17-12(16)9-11(15)14-10(13-9)8-6-4-3-5-7-8/h3-7,15H,2H2,1H3,(H,13,14). The highest BCUT2D eigenvalue weighted by atomic mass is 16.5. The van der Waals surface area contributed by atoms with Crippen LogP contribution in [0.15, 0.2) is 30.3 Å². The molecule has 0 spiro atoms. The Bertz CT molecular complexity index is 520. The maximum atomic E-state index is 11.5. The van der Waals surface area contributed by atoms with Crippen molar-refractivity contribution in [3.05, 3.63) is 36.0 Å². The van der Waals surface area contributed by atoms with Crippen LogP contribution in [0.5, 0.6) is 5.88 Å². The molecule has 0 saturated carbocycles. The molecular weight excluding hydrogens is 220 g/mol. The molecule has 0 radical (unpaired) electrons. The number of H-pyrrole nitrogens is 1. The van der Waals surface area contributed by atoms with Crippen LogP contribution in [0.3, 0.4) is 0 Å². The van der Waals surface area contributed by atoms with E-state index in [1.165, 1.54) is 0 Å². The number of benzene rings is 1. The molecule has 0 bridgehead atoms. The normalized spacial score (nSPS) is 10.2. The third kappa shape index (κ3) is 2.28. The Kier molecular flexibility index (Phi) is 3.09. The maximum Gasteiger partial charge on any atom is 0.360 e. The van der Waals surface area contributed by atoms with Crippen molar-refractivity contribution < 1.29 is 14.6 Å². The molecule has 1 heterocycles. The van der Waals surface area contributed by atoms with Gasteiger partial charge >= 0.3 is 5.97 Å². The number of aromatic hydroxyl groups is 1. The fourth-order valence-corrected chi connectivity index (χ4v) is 1.44. The lowest BCUT2D eigenvalue weighted by atomic mass is 10.2. The van der Waals surface area contributed by atoms with Crippen LogP contribution in [0.2, 0.25) is 0 Å². The van der Waals surface area contributed by atoms with Gasteiger partial charge in [0.2, 0.25) is 5.88 Å². The number of carbonyl (C=O) groups is 1. The van der Waals surface area contributed by atoms with Gasteiger partial charge in [-0.15, -0.1) is 0 Å². The number of hydrogen-bond acceptors (Lipinski definition) is 4. The third-order valence-corrected chi connectivity index (χ3v) is 2.21. The van der Waals surface area contributed by atoms with Gasteiger partial charge in [-0.25, -0.2) is 4.79 Å². The zero-order valence-electron chi connectivity index (χ0n) is 9.30. The summed E-state index contributed by atoms with van der Waals surface area (Å²) in [5.41, 5.74) is 0.768. The van der Waals surface area contributed by atoms with Crippen molar-refractivity contribution >= 4 is 5.97 Å². The number of esters is 1. The van der Waals surface area contributed by atoms with Crippen LogP contribution in [-0.4, -0.2) is 27.7 Å². The van der Waals surface area contributed by atoms with Gasteiger partial charge in [-0.3, -0.25) is 0 Å². The number of nitrogens with zero attached hydrogens (tertiary/aromatic N) is 1. The van der Waals surface area contributed by atoms with Crippen molar-refractivity contribution in [3.63, 3.8) is 0 Å². The molecule has 2 N–H and O–H groups in total. The lowest BCUT2D eigenvalue weighted by Gasteiger charge is -1.98. The molecular formula is C12H12N2O3. The van der Waals surface area contributed by atoms with Crippen LogP contribution in [-0.2, 0) is 4.74 Å². The van der Waals surface area contributed by atoms with Gasteiger partial charge in [0.05, 0.1) is 6.61 Å². The molecule has 5 heteroatoms. The van der Waals surface area contributed by atoms with E-state index in [9.17, 15) is 9.90 Å². The van der Waals surface area contributed by atoms with Gasteiger partial charge in [0, 0.05) is 5.56 Å². The Morgan fingerprint density at radius 1 is 1.41 bits per heavy atom. The second-order valence-corrected chi connectivity index (χ2v) is 3.37. The van der Waals surface area contributed by atoms with Gasteiger partial charge in [0.25, 0.3) is 0 Å². The van der Waals surface area contributed by atoms with E-state index >= 15 is 0 Å². The van der Waals surface area contributed by atoms with Crippen LogP contribution < -0.4 is 0 Å². The van der Waals surface area contributed by atoms with Crippen molar-refractivity contribution in [2.45, 2.75) is 6.92 Å². The van der Waals surface area contributed by atoms with Crippen LogP contribution >= 0.6 is 0 Å². The smallest absolute Gasteiger partial charge is 0.360 e. The number of carbonyl (C=O) groups excluding carboxylic acids is 1. The number of aromatic nitrogens is 2. The number of aromatic amines is 1. The first-order valence-corrected chi connectivity index (χ1v) is 5.24. The van der Waals surface area contributed by atoms with Gasteiger partial charge in [-0.1, -0.05) is 30.3 Å². The first-order valence-electron chi connectivity index (χ1n) is 5.24. The van der Waals surface area contributed by atoms with E-state index < -0.39 is 5.97 Å². The molecule has 17 heavy (non-hydrogen) atoms. The first-order chi connectivity index (χ1) is 8.22. The largest absolute Gasteiger partial charge is 0.492 e. The highest BCUT2D eigenvalue weighted by molar-refractivity contribution is 5.90. The Hall–Kier alpha value is -2.30. The monoisotopic (exact) mass is 232 g/mol. The number of ether oxygens (including phenoxy) is 1. The van der Waals surface area contributed by atoms with Gasteiger partial charge in [-0.05, 0) is 6.92 Å². The lowest BCUT2D eigenvalue weighted by molar-refractivity contribution is 0.0516. The Morgan fingerprint density at radius 2 is 2.12 bits per heavy atom. The molecule has 1 aromatic carbocycles. The van der Waals surface area contributed by atoms with Crippen molar-refractivity contribution in [3.8, 4) is 17.3 Å². The van der Waals surface area contributed by atoms with Crippen molar-refractivity contribution in [2.75, 3.05) is 6.61 Å². The Labute approximate surface area is 98.1 Å². The zero-order valence-corrected chi connectivity index (χ0v) is 9.30. The minimum atomic E-state index is -0.611. The molecule has 5 nitrogen and oxygen atoms in total. The Morgan fingerprint density at radius 3 is 2.76 bits per heavy atom. The van der Waals surface area contributed by atoms with E-state index in [0.29, 0.717) is 5.82 Å². The van der Waals surface area contributed by atoms with E-state index in [1.807, 2.05) is 30.3 Å². The second kappa shape index (κ2) is 4.69. The number of hydrogen-bond donors (Lipinski definition) is 2. The molecule has 0 amide bonds. The summed E-state index contributed by atoms with van der Waals surface area (Å²) >= 11 is 0. The van der Waals surface area contributed by atoms with Gasteiger partial charge < -0.3 is 14.8 Å². The molecule has 0 atom stereocenters. The summed E-state index contributed by atoms with van der Waals surface area (Å²) in [5.74, 6) is -0.520. The van der Waals surface area contributed by atoms with E-state index in [4.69, 9.17) is 4.74 Å². The van der Waals surface area contributed by atoms with Crippen LogP contribution in [0.4, 0.5) is 0 Å². The topological polar surface area (TPSA) is 75.2 Å².